The van der Waals surface area contributed by atoms with Crippen LogP contribution in [0.2, 0.25) is 10.0 Å². The summed E-state index contributed by atoms with van der Waals surface area (Å²) in [7, 11) is 1.63. The van der Waals surface area contributed by atoms with Crippen molar-refractivity contribution in [3.63, 3.8) is 0 Å². The minimum atomic E-state index is 0.336. The fourth-order valence-electron chi connectivity index (χ4n) is 2.09. The number of nitrogens with one attached hydrogen (secondary N) is 1. The van der Waals surface area contributed by atoms with E-state index in [0.29, 0.717) is 34.2 Å². The van der Waals surface area contributed by atoms with Gasteiger partial charge in [0.25, 0.3) is 0 Å². The molecule has 1 N–H and O–H groups in total. The van der Waals surface area contributed by atoms with Crippen molar-refractivity contribution in [2.45, 2.75) is 33.0 Å². The lowest BCUT2D eigenvalue weighted by molar-refractivity contribution is 0.284. The van der Waals surface area contributed by atoms with Crippen molar-refractivity contribution in [1.29, 1.82) is 0 Å². The van der Waals surface area contributed by atoms with Gasteiger partial charge in [0.15, 0.2) is 11.5 Å². The number of benzene rings is 2. The predicted molar refractivity (Wildman–Crippen MR) is 103 cm³/mol. The third-order valence-electron chi connectivity index (χ3n) is 3.43. The van der Waals surface area contributed by atoms with Gasteiger partial charge in [0, 0.05) is 32.7 Å². The Balaban J connectivity index is 2.16. The van der Waals surface area contributed by atoms with Gasteiger partial charge in [0.05, 0.1) is 7.11 Å². The van der Waals surface area contributed by atoms with Gasteiger partial charge < -0.3 is 14.8 Å². The van der Waals surface area contributed by atoms with Gasteiger partial charge in [-0.2, -0.15) is 0 Å². The summed E-state index contributed by atoms with van der Waals surface area (Å²) in [6, 6.07) is 9.65. The second-order valence-electron chi connectivity index (χ2n) is 5.65. The predicted octanol–water partition coefficient (Wildman–Crippen LogP) is 5.84. The van der Waals surface area contributed by atoms with Crippen molar-refractivity contribution in [3.05, 3.63) is 56.0 Å². The zero-order chi connectivity index (χ0) is 17.7. The maximum atomic E-state index is 6.18. The minimum absolute atomic E-state index is 0.336. The Bertz CT molecular complexity index is 708. The fraction of sp³-hybridized carbons (Fsp3) is 0.333. The lowest BCUT2D eigenvalue weighted by Crippen LogP contribution is -2.22. The summed E-state index contributed by atoms with van der Waals surface area (Å²) in [4.78, 5) is 0. The average molecular weight is 433 g/mol. The molecular formula is C18H20BrCl2NO2. The van der Waals surface area contributed by atoms with E-state index in [1.165, 1.54) is 0 Å². The van der Waals surface area contributed by atoms with Crippen molar-refractivity contribution in [2.24, 2.45) is 0 Å². The average Bonchev–Trinajstić information content (AvgIpc) is 2.53. The summed E-state index contributed by atoms with van der Waals surface area (Å²) in [5.74, 6) is 1.34. The zero-order valence-corrected chi connectivity index (χ0v) is 16.9. The molecule has 2 rings (SSSR count). The molecule has 0 aliphatic rings. The lowest BCUT2D eigenvalue weighted by Gasteiger charge is -2.16. The van der Waals surface area contributed by atoms with Crippen molar-refractivity contribution >= 4 is 39.1 Å². The van der Waals surface area contributed by atoms with Gasteiger partial charge in [0.2, 0.25) is 0 Å². The Morgan fingerprint density at radius 1 is 1.08 bits per heavy atom. The van der Waals surface area contributed by atoms with Crippen LogP contribution in [0, 0.1) is 0 Å². The molecule has 0 saturated carbocycles. The van der Waals surface area contributed by atoms with Gasteiger partial charge in [0.1, 0.15) is 6.61 Å². The van der Waals surface area contributed by atoms with E-state index in [1.807, 2.05) is 18.2 Å². The molecule has 0 aliphatic heterocycles. The Morgan fingerprint density at radius 3 is 2.46 bits per heavy atom. The normalized spacial score (nSPS) is 11.0. The smallest absolute Gasteiger partial charge is 0.162 e. The van der Waals surface area contributed by atoms with Crippen LogP contribution >= 0.6 is 39.1 Å². The monoisotopic (exact) mass is 431 g/mol. The summed E-state index contributed by atoms with van der Waals surface area (Å²) in [6.07, 6.45) is 0. The molecule has 0 amide bonds. The van der Waals surface area contributed by atoms with Gasteiger partial charge >= 0.3 is 0 Å². The van der Waals surface area contributed by atoms with Crippen LogP contribution < -0.4 is 14.8 Å². The first-order chi connectivity index (χ1) is 11.4. The molecule has 0 unspecified atom stereocenters. The van der Waals surface area contributed by atoms with Crippen LogP contribution in [0.3, 0.4) is 0 Å². The Hall–Kier alpha value is -0.940. The Kier molecular flexibility index (Phi) is 7.23. The van der Waals surface area contributed by atoms with Crippen LogP contribution in [0.5, 0.6) is 11.5 Å². The van der Waals surface area contributed by atoms with Crippen molar-refractivity contribution in [3.8, 4) is 11.5 Å². The number of hydrogen-bond acceptors (Lipinski definition) is 3. The van der Waals surface area contributed by atoms with Gasteiger partial charge in [-0.05, 0) is 29.8 Å². The topological polar surface area (TPSA) is 30.5 Å². The van der Waals surface area contributed by atoms with Crippen LogP contribution in [-0.4, -0.2) is 13.2 Å². The van der Waals surface area contributed by atoms with E-state index in [4.69, 9.17) is 32.7 Å². The van der Waals surface area contributed by atoms with Crippen molar-refractivity contribution in [2.75, 3.05) is 7.11 Å². The van der Waals surface area contributed by atoms with Crippen LogP contribution in [0.15, 0.2) is 34.8 Å². The first-order valence-corrected chi connectivity index (χ1v) is 9.12. The molecule has 2 aromatic rings. The SMILES string of the molecule is COc1cc(CNC(C)C)c(Br)cc1OCc1ccc(Cl)cc1Cl. The van der Waals surface area contributed by atoms with Crippen LogP contribution in [0.25, 0.3) is 0 Å². The molecule has 0 heterocycles. The minimum Gasteiger partial charge on any atom is -0.493 e. The van der Waals surface area contributed by atoms with Crippen LogP contribution in [0.1, 0.15) is 25.0 Å². The molecule has 6 heteroatoms. The lowest BCUT2D eigenvalue weighted by atomic mass is 10.2. The highest BCUT2D eigenvalue weighted by Gasteiger charge is 2.12. The second-order valence-corrected chi connectivity index (χ2v) is 7.35. The summed E-state index contributed by atoms with van der Waals surface area (Å²) in [6.45, 7) is 5.30. The molecule has 2 aromatic carbocycles. The molecular weight excluding hydrogens is 413 g/mol. The Labute approximate surface area is 161 Å². The quantitative estimate of drug-likeness (QED) is 0.595. The highest BCUT2D eigenvalue weighted by molar-refractivity contribution is 9.10. The van der Waals surface area contributed by atoms with Crippen LogP contribution in [-0.2, 0) is 13.2 Å². The number of ether oxygens (including phenoxy) is 2. The third kappa shape index (κ3) is 5.28. The summed E-state index contributed by atoms with van der Waals surface area (Å²) in [5, 5.41) is 4.57. The molecule has 0 bridgehead atoms. The van der Waals surface area contributed by atoms with E-state index in [-0.39, 0.29) is 0 Å². The largest absolute Gasteiger partial charge is 0.493 e. The summed E-state index contributed by atoms with van der Waals surface area (Å²) < 4.78 is 12.3. The molecule has 0 saturated heterocycles. The second kappa shape index (κ2) is 8.95. The van der Waals surface area contributed by atoms with E-state index >= 15 is 0 Å². The molecule has 0 aromatic heterocycles. The van der Waals surface area contributed by atoms with Crippen molar-refractivity contribution < 1.29 is 9.47 Å². The van der Waals surface area contributed by atoms with E-state index in [0.717, 1.165) is 22.1 Å². The summed E-state index contributed by atoms with van der Waals surface area (Å²) >= 11 is 15.7. The first kappa shape index (κ1) is 19.4. The van der Waals surface area contributed by atoms with Gasteiger partial charge in [-0.3, -0.25) is 0 Å². The molecule has 130 valence electrons. The van der Waals surface area contributed by atoms with Gasteiger partial charge in [-0.25, -0.2) is 0 Å². The van der Waals surface area contributed by atoms with Crippen LogP contribution in [0.4, 0.5) is 0 Å². The molecule has 0 aliphatic carbocycles. The highest BCUT2D eigenvalue weighted by Crippen LogP contribution is 2.34. The number of rotatable bonds is 7. The van der Waals surface area contributed by atoms with E-state index in [2.05, 4.69) is 35.1 Å². The van der Waals surface area contributed by atoms with E-state index < -0.39 is 0 Å². The maximum absolute atomic E-state index is 6.18. The van der Waals surface area contributed by atoms with Gasteiger partial charge in [-0.1, -0.05) is 59.0 Å². The maximum Gasteiger partial charge on any atom is 0.162 e. The van der Waals surface area contributed by atoms with E-state index in [1.54, 1.807) is 19.2 Å². The number of methoxy groups -OCH3 is 1. The molecule has 24 heavy (non-hydrogen) atoms. The van der Waals surface area contributed by atoms with Gasteiger partial charge in [-0.15, -0.1) is 0 Å². The molecule has 0 spiro atoms. The highest BCUT2D eigenvalue weighted by atomic mass is 79.9. The first-order valence-electron chi connectivity index (χ1n) is 7.57. The number of hydrogen-bond donors (Lipinski definition) is 1. The number of halogens is 3. The zero-order valence-electron chi connectivity index (χ0n) is 13.8. The molecule has 0 fully saturated rings. The van der Waals surface area contributed by atoms with E-state index in [9.17, 15) is 0 Å². The summed E-state index contributed by atoms with van der Waals surface area (Å²) in [5.41, 5.74) is 1.97. The standard InChI is InChI=1S/C18H20BrCl2NO2/c1-11(2)22-9-13-6-17(23-3)18(8-15(13)19)24-10-12-4-5-14(20)7-16(12)21/h4-8,11,22H,9-10H2,1-3H3. The van der Waals surface area contributed by atoms with Crippen molar-refractivity contribution in [1.82, 2.24) is 5.32 Å². The molecule has 0 radical (unpaired) electrons. The Morgan fingerprint density at radius 2 is 1.83 bits per heavy atom. The molecule has 0 atom stereocenters. The molecule has 3 nitrogen and oxygen atoms in total. The third-order valence-corrected chi connectivity index (χ3v) is 4.76. The fourth-order valence-corrected chi connectivity index (χ4v) is 3.02.